The summed E-state index contributed by atoms with van der Waals surface area (Å²) in [6.07, 6.45) is 82.7. The van der Waals surface area contributed by atoms with Gasteiger partial charge in [-0.25, -0.2) is 4.57 Å². The van der Waals surface area contributed by atoms with E-state index in [2.05, 4.69) is 111 Å². The quantitative estimate of drug-likeness (QED) is 0.0205. The van der Waals surface area contributed by atoms with E-state index < -0.39 is 20.0 Å². The van der Waals surface area contributed by atoms with Gasteiger partial charge in [-0.3, -0.25) is 18.6 Å². The molecule has 0 spiro atoms. The Morgan fingerprint density at radius 2 is 0.744 bits per heavy atom. The van der Waals surface area contributed by atoms with Gasteiger partial charge in [0.15, 0.2) is 0 Å². The van der Waals surface area contributed by atoms with Crippen molar-refractivity contribution in [1.29, 1.82) is 0 Å². The highest BCUT2D eigenvalue weighted by Crippen LogP contribution is 2.43. The molecule has 0 aromatic heterocycles. The van der Waals surface area contributed by atoms with Crippen molar-refractivity contribution in [1.82, 2.24) is 5.32 Å². The van der Waals surface area contributed by atoms with Crippen LogP contribution in [-0.2, 0) is 27.9 Å². The molecule has 1 amide bonds. The molecule has 10 heteroatoms. The summed E-state index contributed by atoms with van der Waals surface area (Å²) in [5.41, 5.74) is 0. The van der Waals surface area contributed by atoms with Crippen LogP contribution in [0, 0.1) is 0 Å². The number of hydrogen-bond donors (Lipinski definition) is 2. The van der Waals surface area contributed by atoms with Gasteiger partial charge in [-0.1, -0.05) is 266 Å². The third kappa shape index (κ3) is 61.5. The lowest BCUT2D eigenvalue weighted by Gasteiger charge is -2.27. The van der Waals surface area contributed by atoms with Gasteiger partial charge in [0.05, 0.1) is 33.8 Å². The van der Waals surface area contributed by atoms with Crippen LogP contribution in [0.15, 0.2) is 97.2 Å². The summed E-state index contributed by atoms with van der Waals surface area (Å²) >= 11 is 0. The molecule has 0 radical (unpaired) electrons. The van der Waals surface area contributed by atoms with Crippen LogP contribution in [0.1, 0.15) is 297 Å². The third-order valence-corrected chi connectivity index (χ3v) is 15.7. The highest BCUT2D eigenvalue weighted by atomic mass is 31.2. The topological polar surface area (TPSA) is 111 Å². The maximum Gasteiger partial charge on any atom is 0.472 e. The fourth-order valence-corrected chi connectivity index (χ4v) is 10.2. The van der Waals surface area contributed by atoms with Crippen LogP contribution < -0.4 is 5.32 Å². The number of phosphoric ester groups is 1. The third-order valence-electron chi connectivity index (χ3n) is 14.7. The molecule has 0 aliphatic carbocycles. The van der Waals surface area contributed by atoms with E-state index in [1.807, 2.05) is 33.3 Å². The molecule has 82 heavy (non-hydrogen) atoms. The molecule has 474 valence electrons. The predicted octanol–water partition coefficient (Wildman–Crippen LogP) is 21.5. The first-order valence-electron chi connectivity index (χ1n) is 34.1. The zero-order valence-electron chi connectivity index (χ0n) is 54.2. The number of rotatable bonds is 61. The summed E-state index contributed by atoms with van der Waals surface area (Å²) in [4.78, 5) is 37.8. The van der Waals surface area contributed by atoms with Gasteiger partial charge in [0, 0.05) is 12.8 Å². The molecule has 0 aromatic carbocycles. The first kappa shape index (κ1) is 78.9. The number of esters is 1. The smallest absolute Gasteiger partial charge is 0.456 e. The Morgan fingerprint density at radius 3 is 1.15 bits per heavy atom. The van der Waals surface area contributed by atoms with E-state index >= 15 is 0 Å². The Morgan fingerprint density at radius 1 is 0.427 bits per heavy atom. The van der Waals surface area contributed by atoms with Crippen molar-refractivity contribution in [2.45, 2.75) is 309 Å². The zero-order chi connectivity index (χ0) is 60.0. The van der Waals surface area contributed by atoms with E-state index in [9.17, 15) is 19.0 Å². The van der Waals surface area contributed by atoms with Crippen molar-refractivity contribution in [3.63, 3.8) is 0 Å². The van der Waals surface area contributed by atoms with Gasteiger partial charge in [0.1, 0.15) is 19.3 Å². The number of ether oxygens (including phenoxy) is 1. The van der Waals surface area contributed by atoms with E-state index in [0.29, 0.717) is 23.9 Å². The number of quaternary nitrogens is 1. The van der Waals surface area contributed by atoms with Crippen molar-refractivity contribution < 1.29 is 37.3 Å². The molecular formula is C72H130N2O7P+. The van der Waals surface area contributed by atoms with Crippen LogP contribution in [0.2, 0.25) is 0 Å². The Labute approximate surface area is 507 Å². The van der Waals surface area contributed by atoms with Gasteiger partial charge in [-0.05, 0) is 115 Å². The minimum absolute atomic E-state index is 0.0298. The van der Waals surface area contributed by atoms with E-state index in [-0.39, 0.29) is 31.5 Å². The summed E-state index contributed by atoms with van der Waals surface area (Å²) in [5, 5.41) is 3.05. The molecule has 0 heterocycles. The van der Waals surface area contributed by atoms with Crippen LogP contribution in [0.5, 0.6) is 0 Å². The fourth-order valence-electron chi connectivity index (χ4n) is 9.46. The van der Waals surface area contributed by atoms with Crippen LogP contribution in [-0.4, -0.2) is 74.3 Å². The van der Waals surface area contributed by atoms with Gasteiger partial charge in [0.25, 0.3) is 0 Å². The van der Waals surface area contributed by atoms with E-state index in [1.54, 1.807) is 0 Å². The van der Waals surface area contributed by atoms with Crippen molar-refractivity contribution in [3.05, 3.63) is 97.2 Å². The second-order valence-electron chi connectivity index (χ2n) is 24.0. The van der Waals surface area contributed by atoms with Crippen molar-refractivity contribution in [3.8, 4) is 0 Å². The lowest BCUT2D eigenvalue weighted by atomic mass is 10.0. The number of phosphoric acid groups is 1. The lowest BCUT2D eigenvalue weighted by Crippen LogP contribution is -2.47. The summed E-state index contributed by atoms with van der Waals surface area (Å²) in [5.74, 6) is -0.542. The number of likely N-dealkylation sites (N-methyl/N-ethyl adjacent to an activating group) is 1. The minimum Gasteiger partial charge on any atom is -0.456 e. The van der Waals surface area contributed by atoms with Crippen molar-refractivity contribution in [2.24, 2.45) is 0 Å². The molecule has 0 bridgehead atoms. The monoisotopic (exact) mass is 1170 g/mol. The van der Waals surface area contributed by atoms with Gasteiger partial charge in [-0.2, -0.15) is 0 Å². The number of hydrogen-bond acceptors (Lipinski definition) is 6. The van der Waals surface area contributed by atoms with E-state index in [4.69, 9.17) is 13.8 Å². The Hall–Kier alpha value is -3.07. The van der Waals surface area contributed by atoms with Crippen LogP contribution in [0.3, 0.4) is 0 Å². The molecule has 0 aliphatic rings. The lowest BCUT2D eigenvalue weighted by molar-refractivity contribution is -0.870. The second kappa shape index (κ2) is 61.0. The summed E-state index contributed by atoms with van der Waals surface area (Å²) in [6, 6.07) is -0.871. The normalized spacial score (nSPS) is 14.2. The standard InChI is InChI=1S/C72H129N2O7P/c1-7-10-13-16-19-22-25-28-30-32-34-35-36-37-38-39-41-43-45-47-50-53-56-59-62-65-72(76)81-70(63-60-57-54-51-48-27-24-21-18-15-12-9-3)69(68-80-82(77,78)79-67-66-74(4,5)6)73-71(75)64-61-58-55-52-49-46-44-42-40-33-31-29-26-23-20-17-14-11-8-2/h19-20,22-23,28-31,34-35,40,42,46,49,60,63,69-70H,7-18,21,24-27,32-33,36-39,41,43-45,47-48,50-59,61-62,64-68H2,1-6H3,(H-,73,75,77,78)/p+1/b22-19-,23-20-,30-28-,31-29-,35-34-,42-40-,49-46-,63-60-. The first-order chi connectivity index (χ1) is 39.9. The molecule has 0 rings (SSSR count). The van der Waals surface area contributed by atoms with Crippen LogP contribution >= 0.6 is 7.82 Å². The maximum absolute atomic E-state index is 13.6. The number of unbranched alkanes of at least 4 members (excludes halogenated alkanes) is 31. The second-order valence-corrected chi connectivity index (χ2v) is 25.4. The zero-order valence-corrected chi connectivity index (χ0v) is 55.1. The fraction of sp³-hybridized carbons (Fsp3) is 0.750. The highest BCUT2D eigenvalue weighted by Gasteiger charge is 2.30. The molecule has 3 unspecified atom stereocenters. The van der Waals surface area contributed by atoms with Gasteiger partial charge < -0.3 is 19.4 Å². The molecule has 0 aliphatic heterocycles. The molecule has 0 aromatic rings. The predicted molar refractivity (Wildman–Crippen MR) is 355 cm³/mol. The number of carbonyl (C=O) groups is 2. The molecular weight excluding hydrogens is 1040 g/mol. The molecule has 9 nitrogen and oxygen atoms in total. The van der Waals surface area contributed by atoms with Crippen molar-refractivity contribution in [2.75, 3.05) is 40.9 Å². The summed E-state index contributed by atoms with van der Waals surface area (Å²) in [7, 11) is 1.47. The Bertz CT molecular complexity index is 1720. The summed E-state index contributed by atoms with van der Waals surface area (Å²) in [6.45, 7) is 6.94. The number of amides is 1. The Balaban J connectivity index is 5.17. The number of carbonyl (C=O) groups excluding carboxylic acids is 2. The molecule has 0 fully saturated rings. The molecule has 0 saturated carbocycles. The van der Waals surface area contributed by atoms with Gasteiger partial charge >= 0.3 is 13.8 Å². The molecule has 3 atom stereocenters. The first-order valence-corrected chi connectivity index (χ1v) is 35.6. The minimum atomic E-state index is -4.47. The SMILES string of the molecule is CCCCC/C=C\C/C=C\C/C=C\C/C=C\CCCCCC(=O)NC(COP(=O)(O)OCC[N+](C)(C)C)C(/C=C\CCCCCCCCCCCC)OC(=O)CCCCCCCCCCCCCC/C=C\C/C=C\C/C=C\CCCCC. The summed E-state index contributed by atoms with van der Waals surface area (Å²) < 4.78 is 30.8. The number of allylic oxidation sites excluding steroid dienone is 15. The van der Waals surface area contributed by atoms with Gasteiger partial charge in [0.2, 0.25) is 5.91 Å². The van der Waals surface area contributed by atoms with Crippen molar-refractivity contribution >= 4 is 19.7 Å². The van der Waals surface area contributed by atoms with E-state index in [0.717, 1.165) is 89.9 Å². The average Bonchev–Trinajstić information content (AvgIpc) is 3.47. The largest absolute Gasteiger partial charge is 0.472 e. The van der Waals surface area contributed by atoms with Gasteiger partial charge in [-0.15, -0.1) is 0 Å². The molecule has 2 N–H and O–H groups in total. The molecule has 0 saturated heterocycles. The Kier molecular flexibility index (Phi) is 58.7. The van der Waals surface area contributed by atoms with Crippen LogP contribution in [0.25, 0.3) is 0 Å². The number of nitrogens with zero attached hydrogens (tertiary/aromatic N) is 1. The van der Waals surface area contributed by atoms with Crippen LogP contribution in [0.4, 0.5) is 0 Å². The average molecular weight is 1170 g/mol. The van der Waals surface area contributed by atoms with E-state index in [1.165, 1.54) is 167 Å². The maximum atomic E-state index is 13.6. The number of nitrogens with one attached hydrogen (secondary N) is 1. The highest BCUT2D eigenvalue weighted by molar-refractivity contribution is 7.47.